The van der Waals surface area contributed by atoms with Crippen LogP contribution in [-0.4, -0.2) is 49.6 Å². The van der Waals surface area contributed by atoms with Gasteiger partial charge in [0.1, 0.15) is 34.3 Å². The van der Waals surface area contributed by atoms with Crippen LogP contribution >= 0.6 is 11.6 Å². The zero-order valence-electron chi connectivity index (χ0n) is 20.5. The molecule has 5 aromatic rings. The number of fused-ring (bicyclic) bond motifs is 3. The average molecular weight is 573 g/mol. The molecule has 0 N–H and O–H groups in total. The van der Waals surface area contributed by atoms with Crippen LogP contribution < -0.4 is 20.9 Å². The van der Waals surface area contributed by atoms with Crippen LogP contribution in [0.5, 0.6) is 5.88 Å². The lowest BCUT2D eigenvalue weighted by Gasteiger charge is -2.23. The summed E-state index contributed by atoms with van der Waals surface area (Å²) in [5.74, 6) is -5.54. The third kappa shape index (κ3) is 3.39. The third-order valence-electron chi connectivity index (χ3n) is 7.56. The van der Waals surface area contributed by atoms with E-state index in [1.165, 1.54) is 42.1 Å². The number of alkyl halides is 2. The highest BCUT2D eigenvalue weighted by molar-refractivity contribution is 6.30. The predicted molar refractivity (Wildman–Crippen MR) is 137 cm³/mol. The van der Waals surface area contributed by atoms with Crippen LogP contribution in [0.15, 0.2) is 58.4 Å². The summed E-state index contributed by atoms with van der Waals surface area (Å²) in [4.78, 5) is 38.2. The van der Waals surface area contributed by atoms with Crippen molar-refractivity contribution < 1.29 is 22.3 Å². The Labute approximate surface area is 226 Å². The monoisotopic (exact) mass is 572 g/mol. The molecule has 1 saturated heterocycles. The topological polar surface area (TPSA) is 86.7 Å². The Balaban J connectivity index is 1.54. The summed E-state index contributed by atoms with van der Waals surface area (Å²) >= 11 is 6.05. The fourth-order valence-electron chi connectivity index (χ4n) is 5.46. The number of halogens is 5. The third-order valence-corrected chi connectivity index (χ3v) is 7.85. The molecule has 0 amide bonds. The molecule has 2 aliphatic rings. The highest BCUT2D eigenvalue weighted by Gasteiger charge is 2.71. The van der Waals surface area contributed by atoms with E-state index in [-0.39, 0.29) is 57.9 Å². The molecule has 1 saturated carbocycles. The van der Waals surface area contributed by atoms with Gasteiger partial charge in [-0.15, -0.1) is 0 Å². The van der Waals surface area contributed by atoms with Crippen LogP contribution in [0.3, 0.4) is 0 Å². The van der Waals surface area contributed by atoms with Gasteiger partial charge >= 0.3 is 5.69 Å². The molecule has 0 spiro atoms. The molecule has 0 bridgehead atoms. The molecule has 0 unspecified atom stereocenters. The van der Waals surface area contributed by atoms with Crippen molar-refractivity contribution >= 4 is 34.0 Å². The number of aromatic nitrogens is 5. The molecule has 2 atom stereocenters. The van der Waals surface area contributed by atoms with E-state index >= 15 is 0 Å². The maximum Gasteiger partial charge on any atom is 0.342 e. The van der Waals surface area contributed by atoms with Gasteiger partial charge in [-0.25, -0.2) is 31.9 Å². The highest BCUT2D eigenvalue weighted by Crippen LogP contribution is 2.59. The lowest BCUT2D eigenvalue weighted by atomic mass is 10.2. The molecule has 4 aromatic heterocycles. The van der Waals surface area contributed by atoms with E-state index in [0.717, 1.165) is 27.3 Å². The van der Waals surface area contributed by atoms with E-state index in [1.807, 2.05) is 0 Å². The number of nitrogens with zero attached hydrogens (tertiary/aromatic N) is 6. The summed E-state index contributed by atoms with van der Waals surface area (Å²) in [7, 11) is 1.28. The Morgan fingerprint density at radius 1 is 1.05 bits per heavy atom. The molecule has 2 fully saturated rings. The van der Waals surface area contributed by atoms with Gasteiger partial charge in [0.05, 0.1) is 41.4 Å². The molecule has 204 valence electrons. The van der Waals surface area contributed by atoms with Gasteiger partial charge < -0.3 is 9.64 Å². The number of imidazole rings is 1. The van der Waals surface area contributed by atoms with Gasteiger partial charge in [0.2, 0.25) is 5.88 Å². The number of methoxy groups -OCH3 is 1. The summed E-state index contributed by atoms with van der Waals surface area (Å²) in [6, 6.07) is 7.30. The maximum atomic E-state index is 14.1. The molecule has 0 radical (unpaired) electrons. The summed E-state index contributed by atoms with van der Waals surface area (Å²) in [5.41, 5.74) is -1.39. The van der Waals surface area contributed by atoms with Crippen molar-refractivity contribution in [3.8, 4) is 17.4 Å². The number of hydrogen-bond acceptors (Lipinski definition) is 6. The van der Waals surface area contributed by atoms with Crippen LogP contribution in [0.1, 0.15) is 0 Å². The number of pyridine rings is 2. The van der Waals surface area contributed by atoms with Crippen molar-refractivity contribution in [2.75, 3.05) is 25.1 Å². The van der Waals surface area contributed by atoms with E-state index in [4.69, 9.17) is 16.3 Å². The van der Waals surface area contributed by atoms with Crippen molar-refractivity contribution in [3.05, 3.63) is 86.3 Å². The van der Waals surface area contributed by atoms with Gasteiger partial charge in [-0.3, -0.25) is 13.8 Å². The van der Waals surface area contributed by atoms with Gasteiger partial charge in [0.25, 0.3) is 11.5 Å². The molecule has 5 heterocycles. The van der Waals surface area contributed by atoms with E-state index < -0.39 is 40.6 Å². The Bertz CT molecular complexity index is 1990. The first-order chi connectivity index (χ1) is 19.1. The molecule has 14 heteroatoms. The molecule has 7 rings (SSSR count). The Morgan fingerprint density at radius 3 is 2.50 bits per heavy atom. The zero-order valence-corrected chi connectivity index (χ0v) is 21.2. The molecule has 9 nitrogen and oxygen atoms in total. The summed E-state index contributed by atoms with van der Waals surface area (Å²) in [6.07, 6.45) is 2.55. The number of piperidine rings is 1. The first kappa shape index (κ1) is 24.6. The van der Waals surface area contributed by atoms with Crippen molar-refractivity contribution in [1.29, 1.82) is 0 Å². The van der Waals surface area contributed by atoms with Crippen molar-refractivity contribution in [3.63, 3.8) is 0 Å². The van der Waals surface area contributed by atoms with Gasteiger partial charge in [-0.05, 0) is 24.3 Å². The second kappa shape index (κ2) is 8.31. The van der Waals surface area contributed by atoms with E-state index in [0.29, 0.717) is 0 Å². The van der Waals surface area contributed by atoms with Crippen LogP contribution in [-0.2, 0) is 0 Å². The van der Waals surface area contributed by atoms with Gasteiger partial charge in [-0.1, -0.05) is 11.6 Å². The van der Waals surface area contributed by atoms with Gasteiger partial charge in [-0.2, -0.15) is 4.98 Å². The Hall–Kier alpha value is -4.39. The zero-order chi connectivity index (χ0) is 28.1. The normalized spacial score (nSPS) is 19.4. The summed E-state index contributed by atoms with van der Waals surface area (Å²) < 4.78 is 64.4. The maximum absolute atomic E-state index is 14.1. The van der Waals surface area contributed by atoms with E-state index in [2.05, 4.69) is 9.97 Å². The largest absolute Gasteiger partial charge is 0.480 e. The first-order valence-electron chi connectivity index (χ1n) is 12.1. The van der Waals surface area contributed by atoms with E-state index in [1.54, 1.807) is 4.90 Å². The number of benzene rings is 1. The molecule has 1 aromatic carbocycles. The molecule has 1 aliphatic carbocycles. The van der Waals surface area contributed by atoms with Crippen molar-refractivity contribution in [2.24, 2.45) is 11.8 Å². The number of anilines is 1. The quantitative estimate of drug-likeness (QED) is 0.304. The molecule has 40 heavy (non-hydrogen) atoms. The summed E-state index contributed by atoms with van der Waals surface area (Å²) in [5, 5.41) is -0.387. The standard InChI is InChI=1S/C26H17ClF4N6O3/c1-40-23-22-18(8-20(33-23)34-10-14-15(11-34)26(14,30)31)36(13-2-3-17(29)16(27)7-13)25(39)37(24(22)38)21-9-32-19-6-12(28)4-5-35(19)21/h2-9,14-15H,10-11H2,1H3/t14-,15+. The van der Waals surface area contributed by atoms with Crippen LogP contribution in [0.4, 0.5) is 23.4 Å². The van der Waals surface area contributed by atoms with E-state index in [9.17, 15) is 27.2 Å². The first-order valence-corrected chi connectivity index (χ1v) is 12.5. The predicted octanol–water partition coefficient (Wildman–Crippen LogP) is 3.83. The average Bonchev–Trinajstić information content (AvgIpc) is 3.32. The smallest absolute Gasteiger partial charge is 0.342 e. The minimum Gasteiger partial charge on any atom is -0.480 e. The van der Waals surface area contributed by atoms with Gasteiger partial charge in [0.15, 0.2) is 0 Å². The number of ether oxygens (including phenoxy) is 1. The number of hydrogen-bond donors (Lipinski definition) is 0. The SMILES string of the molecule is COc1nc(N2C[C@@H]3[C@H](C2)C3(F)F)cc2c1c(=O)n(-c1cnc3cc(F)ccn13)c(=O)n2-c1ccc(F)c(Cl)c1. The second-order valence-electron chi connectivity index (χ2n) is 9.72. The minimum absolute atomic E-state index is 0.00171. The van der Waals surface area contributed by atoms with Gasteiger partial charge in [0, 0.05) is 31.4 Å². The fraction of sp³-hybridized carbons (Fsp3) is 0.231. The van der Waals surface area contributed by atoms with Crippen LogP contribution in [0, 0.1) is 23.5 Å². The van der Waals surface area contributed by atoms with Crippen molar-refractivity contribution in [1.82, 2.24) is 23.5 Å². The Kier molecular flexibility index (Phi) is 5.12. The number of rotatable bonds is 4. The molecular formula is C26H17ClF4N6O3. The molecular weight excluding hydrogens is 556 g/mol. The molecule has 1 aliphatic heterocycles. The fourth-order valence-corrected chi connectivity index (χ4v) is 5.64. The van der Waals surface area contributed by atoms with Crippen molar-refractivity contribution in [2.45, 2.75) is 5.92 Å². The highest BCUT2D eigenvalue weighted by atomic mass is 35.5. The minimum atomic E-state index is -2.73. The lowest BCUT2D eigenvalue weighted by Crippen LogP contribution is -2.39. The summed E-state index contributed by atoms with van der Waals surface area (Å²) in [6.45, 7) is 0.0861. The lowest BCUT2D eigenvalue weighted by molar-refractivity contribution is 0.0797. The Morgan fingerprint density at radius 2 is 1.80 bits per heavy atom. The van der Waals surface area contributed by atoms with Crippen LogP contribution in [0.25, 0.3) is 28.1 Å². The van der Waals surface area contributed by atoms with Crippen LogP contribution in [0.2, 0.25) is 5.02 Å². The second-order valence-corrected chi connectivity index (χ2v) is 10.1.